The molecule has 0 aromatic heterocycles. The number of nitrogens with two attached hydrogens (primary N) is 1. The maximum Gasteiger partial charge on any atom is 0.307 e. The second-order valence-electron chi connectivity index (χ2n) is 8.69. The summed E-state index contributed by atoms with van der Waals surface area (Å²) in [6, 6.07) is 0. The SMILES string of the molecule is CC(C)[C@@H]1CC[C@@H](C)[C@H]2[C@@H](C(=O)O)[C@]21C1(C(N)=O)CCCCC1. The van der Waals surface area contributed by atoms with Crippen LogP contribution in [-0.4, -0.2) is 17.0 Å². The van der Waals surface area contributed by atoms with E-state index in [0.717, 1.165) is 44.9 Å². The number of fused-ring (bicyclic) bond motifs is 1. The molecule has 3 aliphatic rings. The van der Waals surface area contributed by atoms with Gasteiger partial charge in [-0.25, -0.2) is 0 Å². The van der Waals surface area contributed by atoms with Gasteiger partial charge in [-0.15, -0.1) is 0 Å². The van der Waals surface area contributed by atoms with Gasteiger partial charge in [-0.3, -0.25) is 9.59 Å². The van der Waals surface area contributed by atoms with Gasteiger partial charge in [0, 0.05) is 5.41 Å². The van der Waals surface area contributed by atoms with Crippen LogP contribution in [0.15, 0.2) is 0 Å². The summed E-state index contributed by atoms with van der Waals surface area (Å²) in [7, 11) is 0. The van der Waals surface area contributed by atoms with Crippen LogP contribution in [0.3, 0.4) is 0 Å². The lowest BCUT2D eigenvalue weighted by Gasteiger charge is -2.50. The number of rotatable bonds is 4. The van der Waals surface area contributed by atoms with E-state index in [2.05, 4.69) is 20.8 Å². The molecule has 3 rings (SSSR count). The highest BCUT2D eigenvalue weighted by molar-refractivity contribution is 5.87. The average Bonchev–Trinajstić information content (AvgIpc) is 3.20. The highest BCUT2D eigenvalue weighted by atomic mass is 16.4. The fraction of sp³-hybridized carbons (Fsp3) is 0.895. The maximum atomic E-state index is 12.7. The van der Waals surface area contributed by atoms with Crippen molar-refractivity contribution in [1.29, 1.82) is 0 Å². The van der Waals surface area contributed by atoms with Crippen LogP contribution < -0.4 is 5.73 Å². The van der Waals surface area contributed by atoms with Gasteiger partial charge in [0.1, 0.15) is 0 Å². The molecule has 1 amide bonds. The average molecular weight is 321 g/mol. The van der Waals surface area contributed by atoms with Crippen molar-refractivity contribution in [3.05, 3.63) is 0 Å². The third-order valence-corrected chi connectivity index (χ3v) is 7.55. The number of amides is 1. The maximum absolute atomic E-state index is 12.7. The van der Waals surface area contributed by atoms with E-state index in [9.17, 15) is 14.7 Å². The Hall–Kier alpha value is -1.06. The zero-order valence-electron chi connectivity index (χ0n) is 14.7. The molecule has 0 heterocycles. The number of carbonyl (C=O) groups excluding carboxylic acids is 1. The summed E-state index contributed by atoms with van der Waals surface area (Å²) in [6.07, 6.45) is 6.83. The molecule has 3 saturated carbocycles. The highest BCUT2D eigenvalue weighted by Gasteiger charge is 2.82. The van der Waals surface area contributed by atoms with Crippen molar-refractivity contribution in [3.63, 3.8) is 0 Å². The first-order valence-corrected chi connectivity index (χ1v) is 9.33. The summed E-state index contributed by atoms with van der Waals surface area (Å²) in [5, 5.41) is 9.94. The molecule has 0 unspecified atom stereocenters. The van der Waals surface area contributed by atoms with Gasteiger partial charge in [-0.05, 0) is 42.9 Å². The molecule has 0 aromatic carbocycles. The second-order valence-corrected chi connectivity index (χ2v) is 8.69. The monoisotopic (exact) mass is 321 g/mol. The van der Waals surface area contributed by atoms with E-state index >= 15 is 0 Å². The van der Waals surface area contributed by atoms with E-state index in [0.29, 0.717) is 17.8 Å². The molecule has 3 fully saturated rings. The van der Waals surface area contributed by atoms with Gasteiger partial charge in [0.05, 0.1) is 11.3 Å². The summed E-state index contributed by atoms with van der Waals surface area (Å²) >= 11 is 0. The van der Waals surface area contributed by atoms with Crippen LogP contribution in [0.2, 0.25) is 0 Å². The van der Waals surface area contributed by atoms with Gasteiger partial charge in [0.25, 0.3) is 0 Å². The number of aliphatic carboxylic acids is 1. The van der Waals surface area contributed by atoms with E-state index in [1.165, 1.54) is 0 Å². The number of primary amides is 1. The molecule has 3 aliphatic carbocycles. The smallest absolute Gasteiger partial charge is 0.307 e. The number of carboxylic acid groups (broad SMARTS) is 1. The minimum Gasteiger partial charge on any atom is -0.481 e. The minimum atomic E-state index is -0.708. The third kappa shape index (κ3) is 2.02. The zero-order chi connectivity index (χ0) is 17.0. The van der Waals surface area contributed by atoms with Crippen molar-refractivity contribution in [2.45, 2.75) is 65.7 Å². The van der Waals surface area contributed by atoms with Crippen LogP contribution in [0, 0.1) is 40.4 Å². The Morgan fingerprint density at radius 1 is 1.13 bits per heavy atom. The van der Waals surface area contributed by atoms with Crippen LogP contribution in [-0.2, 0) is 9.59 Å². The highest BCUT2D eigenvalue weighted by Crippen LogP contribution is 2.80. The van der Waals surface area contributed by atoms with Gasteiger partial charge in [-0.2, -0.15) is 0 Å². The first kappa shape index (κ1) is 16.8. The van der Waals surface area contributed by atoms with E-state index < -0.39 is 16.8 Å². The molecular formula is C19H31NO3. The lowest BCUT2D eigenvalue weighted by atomic mass is 9.52. The molecule has 3 N–H and O–H groups in total. The van der Waals surface area contributed by atoms with Crippen molar-refractivity contribution in [3.8, 4) is 0 Å². The fourth-order valence-corrected chi connectivity index (χ4v) is 6.84. The molecule has 4 nitrogen and oxygen atoms in total. The third-order valence-electron chi connectivity index (χ3n) is 7.55. The van der Waals surface area contributed by atoms with Crippen LogP contribution in [0.4, 0.5) is 0 Å². The van der Waals surface area contributed by atoms with E-state index in [4.69, 9.17) is 5.73 Å². The predicted molar refractivity (Wildman–Crippen MR) is 88.5 cm³/mol. The molecule has 0 aromatic rings. The predicted octanol–water partition coefficient (Wildman–Crippen LogP) is 3.44. The van der Waals surface area contributed by atoms with Crippen molar-refractivity contribution in [2.24, 2.45) is 46.2 Å². The number of hydrogen-bond donors (Lipinski definition) is 2. The normalized spacial score (nSPS) is 42.1. The van der Waals surface area contributed by atoms with Crippen molar-refractivity contribution >= 4 is 11.9 Å². The van der Waals surface area contributed by atoms with E-state index in [1.807, 2.05) is 0 Å². The van der Waals surface area contributed by atoms with Crippen molar-refractivity contribution < 1.29 is 14.7 Å². The Morgan fingerprint density at radius 2 is 1.74 bits per heavy atom. The lowest BCUT2D eigenvalue weighted by molar-refractivity contribution is -0.147. The molecule has 23 heavy (non-hydrogen) atoms. The van der Waals surface area contributed by atoms with E-state index in [-0.39, 0.29) is 17.7 Å². The van der Waals surface area contributed by atoms with E-state index in [1.54, 1.807) is 0 Å². The van der Waals surface area contributed by atoms with Crippen LogP contribution in [0.25, 0.3) is 0 Å². The fourth-order valence-electron chi connectivity index (χ4n) is 6.84. The molecule has 0 bridgehead atoms. The Balaban J connectivity index is 2.15. The van der Waals surface area contributed by atoms with Gasteiger partial charge < -0.3 is 10.8 Å². The Bertz CT molecular complexity index is 509. The van der Waals surface area contributed by atoms with Gasteiger partial charge >= 0.3 is 5.97 Å². The first-order valence-electron chi connectivity index (χ1n) is 9.33. The summed E-state index contributed by atoms with van der Waals surface area (Å²) in [6.45, 7) is 6.55. The van der Waals surface area contributed by atoms with Gasteiger partial charge in [0.15, 0.2) is 0 Å². The Labute approximate surface area is 139 Å². The first-order chi connectivity index (χ1) is 10.8. The summed E-state index contributed by atoms with van der Waals surface area (Å²) in [5.74, 6) is -0.108. The second kappa shape index (κ2) is 5.49. The van der Waals surface area contributed by atoms with Gasteiger partial charge in [0.2, 0.25) is 5.91 Å². The van der Waals surface area contributed by atoms with Crippen molar-refractivity contribution in [2.75, 3.05) is 0 Å². The molecule has 0 aliphatic heterocycles. The molecule has 0 saturated heterocycles. The van der Waals surface area contributed by atoms with Gasteiger partial charge in [-0.1, -0.05) is 46.5 Å². The molecule has 4 heteroatoms. The molecule has 0 radical (unpaired) electrons. The molecule has 0 spiro atoms. The summed E-state index contributed by atoms with van der Waals surface area (Å²) < 4.78 is 0. The molecular weight excluding hydrogens is 290 g/mol. The zero-order valence-corrected chi connectivity index (χ0v) is 14.7. The summed E-state index contributed by atoms with van der Waals surface area (Å²) in [5.41, 5.74) is 5.00. The Morgan fingerprint density at radius 3 is 2.22 bits per heavy atom. The standard InChI is InChI=1S/C19H31NO3/c1-11(2)13-8-7-12(3)14-15(16(21)22)19(13,14)18(17(20)23)9-5-4-6-10-18/h11-15H,4-10H2,1-3H3,(H2,20,23)(H,21,22)/t12-,13+,14+,15+,19-/m1/s1. The number of hydrogen-bond acceptors (Lipinski definition) is 2. The number of carbonyl (C=O) groups is 2. The lowest BCUT2D eigenvalue weighted by Crippen LogP contribution is -2.53. The number of carboxylic acids is 1. The largest absolute Gasteiger partial charge is 0.481 e. The van der Waals surface area contributed by atoms with Crippen LogP contribution >= 0.6 is 0 Å². The minimum absolute atomic E-state index is 0.131. The topological polar surface area (TPSA) is 80.4 Å². The molecule has 130 valence electrons. The van der Waals surface area contributed by atoms with Crippen LogP contribution in [0.5, 0.6) is 0 Å². The quantitative estimate of drug-likeness (QED) is 0.832. The molecule has 5 atom stereocenters. The summed E-state index contributed by atoms with van der Waals surface area (Å²) in [4.78, 5) is 24.8. The van der Waals surface area contributed by atoms with Crippen LogP contribution in [0.1, 0.15) is 65.7 Å². The van der Waals surface area contributed by atoms with Crippen molar-refractivity contribution in [1.82, 2.24) is 0 Å². The Kier molecular flexibility index (Phi) is 4.01.